The zero-order chi connectivity index (χ0) is 13.4. The highest BCUT2D eigenvalue weighted by molar-refractivity contribution is 5.28. The normalized spacial score (nSPS) is 11.8. The number of nitrogens with one attached hydrogen (secondary N) is 2. The van der Waals surface area contributed by atoms with Gasteiger partial charge in [-0.25, -0.2) is 0 Å². The molecule has 102 valence electrons. The van der Waals surface area contributed by atoms with Gasteiger partial charge in [0.25, 0.3) is 0 Å². The van der Waals surface area contributed by atoms with Crippen LogP contribution in [0.5, 0.6) is 0 Å². The van der Waals surface area contributed by atoms with Crippen LogP contribution in [0, 0.1) is 0 Å². The highest BCUT2D eigenvalue weighted by Gasteiger charge is 2.19. The molecule has 0 amide bonds. The van der Waals surface area contributed by atoms with E-state index < -0.39 is 0 Å². The van der Waals surface area contributed by atoms with Gasteiger partial charge in [0.2, 0.25) is 0 Å². The van der Waals surface area contributed by atoms with E-state index in [1.165, 1.54) is 24.0 Å². The lowest BCUT2D eigenvalue weighted by molar-refractivity contribution is 0.468. The van der Waals surface area contributed by atoms with E-state index in [1.54, 1.807) is 0 Å². The molecule has 0 aliphatic carbocycles. The van der Waals surface area contributed by atoms with E-state index in [0.29, 0.717) is 0 Å². The first kappa shape index (κ1) is 15.2. The summed E-state index contributed by atoms with van der Waals surface area (Å²) in [4.78, 5) is 0. The maximum Gasteiger partial charge on any atom is 0.00769 e. The molecule has 0 saturated heterocycles. The van der Waals surface area contributed by atoms with Gasteiger partial charge in [0.15, 0.2) is 0 Å². The number of likely N-dealkylation sites (N-methyl/N-ethyl adjacent to an activating group) is 1. The summed E-state index contributed by atoms with van der Waals surface area (Å²) in [6, 6.07) is 9.11. The van der Waals surface area contributed by atoms with Gasteiger partial charge >= 0.3 is 0 Å². The molecule has 0 bridgehead atoms. The predicted octanol–water partition coefficient (Wildman–Crippen LogP) is 2.73. The van der Waals surface area contributed by atoms with Crippen molar-refractivity contribution in [2.75, 3.05) is 26.7 Å². The summed E-state index contributed by atoms with van der Waals surface area (Å²) in [6.45, 7) is 9.88. The molecule has 0 aliphatic heterocycles. The molecular weight excluding hydrogens is 220 g/mol. The van der Waals surface area contributed by atoms with Crippen molar-refractivity contribution in [3.63, 3.8) is 0 Å². The lowest BCUT2D eigenvalue weighted by Gasteiger charge is -2.26. The van der Waals surface area contributed by atoms with Crippen molar-refractivity contribution in [1.29, 1.82) is 0 Å². The Kier molecular flexibility index (Phi) is 6.37. The molecule has 2 heteroatoms. The Morgan fingerprint density at radius 3 is 2.28 bits per heavy atom. The van der Waals surface area contributed by atoms with Gasteiger partial charge in [0, 0.05) is 25.0 Å². The fourth-order valence-corrected chi connectivity index (χ4v) is 2.13. The maximum atomic E-state index is 3.50. The van der Waals surface area contributed by atoms with E-state index in [4.69, 9.17) is 0 Å². The van der Waals surface area contributed by atoms with E-state index in [2.05, 4.69) is 55.7 Å². The van der Waals surface area contributed by atoms with Crippen molar-refractivity contribution >= 4 is 0 Å². The molecular formula is C16H28N2. The van der Waals surface area contributed by atoms with Gasteiger partial charge in [0.05, 0.1) is 0 Å². The third-order valence-corrected chi connectivity index (χ3v) is 3.39. The topological polar surface area (TPSA) is 24.1 Å². The van der Waals surface area contributed by atoms with Gasteiger partial charge in [-0.3, -0.25) is 0 Å². The van der Waals surface area contributed by atoms with Crippen LogP contribution in [0.15, 0.2) is 24.3 Å². The van der Waals surface area contributed by atoms with Crippen molar-refractivity contribution in [2.45, 2.75) is 39.0 Å². The fraction of sp³-hybridized carbons (Fsp3) is 0.625. The quantitative estimate of drug-likeness (QED) is 0.691. The van der Waals surface area contributed by atoms with Crippen molar-refractivity contribution < 1.29 is 0 Å². The standard InChI is InChI=1S/C16H28N2/c1-5-6-14-7-9-15(10-8-14)16(2,3)13-18-12-11-17-4/h7-10,17-18H,5-6,11-13H2,1-4H3. The van der Waals surface area contributed by atoms with Crippen molar-refractivity contribution in [3.05, 3.63) is 35.4 Å². The largest absolute Gasteiger partial charge is 0.318 e. The highest BCUT2D eigenvalue weighted by Crippen LogP contribution is 2.22. The summed E-state index contributed by atoms with van der Waals surface area (Å²) >= 11 is 0. The minimum Gasteiger partial charge on any atom is -0.318 e. The molecule has 0 spiro atoms. The molecule has 0 aliphatic rings. The zero-order valence-electron chi connectivity index (χ0n) is 12.3. The average molecular weight is 248 g/mol. The SMILES string of the molecule is CCCc1ccc(C(C)(C)CNCCNC)cc1. The number of benzene rings is 1. The Bertz CT molecular complexity index is 327. The molecule has 18 heavy (non-hydrogen) atoms. The lowest BCUT2D eigenvalue weighted by atomic mass is 9.84. The molecule has 2 N–H and O–H groups in total. The molecule has 0 radical (unpaired) electrons. The molecule has 0 aromatic heterocycles. The third-order valence-electron chi connectivity index (χ3n) is 3.39. The second-order valence-electron chi connectivity index (χ2n) is 5.61. The predicted molar refractivity (Wildman–Crippen MR) is 80.3 cm³/mol. The summed E-state index contributed by atoms with van der Waals surface area (Å²) in [5.74, 6) is 0. The number of hydrogen-bond acceptors (Lipinski definition) is 2. The summed E-state index contributed by atoms with van der Waals surface area (Å²) in [7, 11) is 1.99. The van der Waals surface area contributed by atoms with Crippen LogP contribution in [0.4, 0.5) is 0 Å². The monoisotopic (exact) mass is 248 g/mol. The summed E-state index contributed by atoms with van der Waals surface area (Å²) < 4.78 is 0. The minimum atomic E-state index is 0.193. The average Bonchev–Trinajstić information content (AvgIpc) is 2.36. The summed E-state index contributed by atoms with van der Waals surface area (Å²) in [5, 5.41) is 6.66. The van der Waals surface area contributed by atoms with Crippen LogP contribution in [-0.4, -0.2) is 26.7 Å². The Balaban J connectivity index is 2.54. The molecule has 1 rings (SSSR count). The molecule has 0 fully saturated rings. The van der Waals surface area contributed by atoms with Crippen LogP contribution in [0.3, 0.4) is 0 Å². The van der Waals surface area contributed by atoms with Crippen LogP contribution >= 0.6 is 0 Å². The Morgan fingerprint density at radius 2 is 1.72 bits per heavy atom. The van der Waals surface area contributed by atoms with Gasteiger partial charge in [-0.2, -0.15) is 0 Å². The van der Waals surface area contributed by atoms with Crippen LogP contribution in [0.1, 0.15) is 38.3 Å². The van der Waals surface area contributed by atoms with Crippen LogP contribution < -0.4 is 10.6 Å². The molecule has 0 saturated carbocycles. The second kappa shape index (κ2) is 7.55. The Labute approximate surface area is 112 Å². The van der Waals surface area contributed by atoms with Gasteiger partial charge in [0.1, 0.15) is 0 Å². The first-order valence-corrected chi connectivity index (χ1v) is 7.05. The van der Waals surface area contributed by atoms with E-state index in [1.807, 2.05) is 7.05 Å². The first-order valence-electron chi connectivity index (χ1n) is 7.05. The summed E-state index contributed by atoms with van der Waals surface area (Å²) in [5.41, 5.74) is 3.05. The highest BCUT2D eigenvalue weighted by atomic mass is 14.9. The Morgan fingerprint density at radius 1 is 1.06 bits per heavy atom. The summed E-state index contributed by atoms with van der Waals surface area (Å²) in [6.07, 6.45) is 2.40. The van der Waals surface area contributed by atoms with Crippen LogP contribution in [0.25, 0.3) is 0 Å². The molecule has 2 nitrogen and oxygen atoms in total. The zero-order valence-corrected chi connectivity index (χ0v) is 12.3. The molecule has 0 atom stereocenters. The molecule has 0 heterocycles. The van der Waals surface area contributed by atoms with E-state index in [9.17, 15) is 0 Å². The van der Waals surface area contributed by atoms with Crippen molar-refractivity contribution in [3.8, 4) is 0 Å². The van der Waals surface area contributed by atoms with Crippen molar-refractivity contribution in [1.82, 2.24) is 10.6 Å². The molecule has 0 unspecified atom stereocenters. The fourth-order valence-electron chi connectivity index (χ4n) is 2.13. The molecule has 1 aromatic rings. The van der Waals surface area contributed by atoms with Crippen LogP contribution in [0.2, 0.25) is 0 Å². The Hall–Kier alpha value is -0.860. The van der Waals surface area contributed by atoms with E-state index in [0.717, 1.165) is 19.6 Å². The third kappa shape index (κ3) is 4.79. The van der Waals surface area contributed by atoms with Crippen molar-refractivity contribution in [2.24, 2.45) is 0 Å². The number of hydrogen-bond donors (Lipinski definition) is 2. The van der Waals surface area contributed by atoms with Gasteiger partial charge in [-0.15, -0.1) is 0 Å². The number of aryl methyl sites for hydroxylation is 1. The van der Waals surface area contributed by atoms with E-state index >= 15 is 0 Å². The first-order chi connectivity index (χ1) is 8.60. The van der Waals surface area contributed by atoms with Gasteiger partial charge < -0.3 is 10.6 Å². The lowest BCUT2D eigenvalue weighted by Crippen LogP contribution is -2.36. The molecule has 1 aromatic carbocycles. The van der Waals surface area contributed by atoms with Gasteiger partial charge in [-0.05, 0) is 24.6 Å². The second-order valence-corrected chi connectivity index (χ2v) is 5.61. The minimum absolute atomic E-state index is 0.193. The number of rotatable bonds is 8. The van der Waals surface area contributed by atoms with E-state index in [-0.39, 0.29) is 5.41 Å². The maximum absolute atomic E-state index is 3.50. The van der Waals surface area contributed by atoms with Gasteiger partial charge in [-0.1, -0.05) is 51.5 Å². The smallest absolute Gasteiger partial charge is 0.00769 e. The van der Waals surface area contributed by atoms with Crippen LogP contribution in [-0.2, 0) is 11.8 Å².